The van der Waals surface area contributed by atoms with E-state index >= 15 is 0 Å². The number of nitrogens with zero attached hydrogens (tertiary/aromatic N) is 1. The van der Waals surface area contributed by atoms with Crippen LogP contribution in [-0.2, 0) is 17.8 Å². The summed E-state index contributed by atoms with van der Waals surface area (Å²) in [5.74, 6) is 1.37. The number of nitrogens with one attached hydrogen (secondary N) is 2. The molecular weight excluding hydrogens is 386 g/mol. The van der Waals surface area contributed by atoms with E-state index in [0.717, 1.165) is 37.1 Å². The van der Waals surface area contributed by atoms with Gasteiger partial charge in [-0.05, 0) is 59.9 Å². The second kappa shape index (κ2) is 8.86. The van der Waals surface area contributed by atoms with E-state index in [2.05, 4.69) is 22.1 Å². The summed E-state index contributed by atoms with van der Waals surface area (Å²) >= 11 is 1.76. The molecule has 7 heteroatoms. The minimum Gasteiger partial charge on any atom is -0.497 e. The number of urea groups is 1. The number of fused-ring (bicyclic) bond motifs is 1. The van der Waals surface area contributed by atoms with Crippen molar-refractivity contribution in [1.82, 2.24) is 15.5 Å². The average molecular weight is 414 g/mol. The van der Waals surface area contributed by atoms with Gasteiger partial charge in [0.25, 0.3) is 0 Å². The highest BCUT2D eigenvalue weighted by molar-refractivity contribution is 7.10. The minimum absolute atomic E-state index is 0.00397. The Morgan fingerprint density at radius 3 is 2.76 bits per heavy atom. The number of carbonyl (C=O) groups excluding carboxylic acids is 2. The van der Waals surface area contributed by atoms with Gasteiger partial charge in [-0.1, -0.05) is 12.1 Å². The lowest BCUT2D eigenvalue weighted by atomic mass is 10.0. The first-order valence-electron chi connectivity index (χ1n) is 10.2. The zero-order chi connectivity index (χ0) is 20.2. The molecule has 1 aromatic carbocycles. The highest BCUT2D eigenvalue weighted by atomic mass is 32.1. The molecule has 4 rings (SSSR count). The topological polar surface area (TPSA) is 70.7 Å². The number of thiophene rings is 1. The average Bonchev–Trinajstić information content (AvgIpc) is 3.48. The molecule has 29 heavy (non-hydrogen) atoms. The van der Waals surface area contributed by atoms with Gasteiger partial charge in [-0.25, -0.2) is 4.79 Å². The molecule has 1 saturated carbocycles. The van der Waals surface area contributed by atoms with Crippen LogP contribution < -0.4 is 15.4 Å². The number of hydrogen-bond donors (Lipinski definition) is 2. The van der Waals surface area contributed by atoms with Crippen molar-refractivity contribution in [2.24, 2.45) is 5.92 Å². The molecule has 0 saturated heterocycles. The first kappa shape index (κ1) is 19.8. The van der Waals surface area contributed by atoms with Gasteiger partial charge in [0, 0.05) is 30.9 Å². The Kier molecular flexibility index (Phi) is 6.04. The van der Waals surface area contributed by atoms with E-state index < -0.39 is 0 Å². The van der Waals surface area contributed by atoms with Gasteiger partial charge in [0.1, 0.15) is 5.75 Å². The Balaban J connectivity index is 1.24. The molecule has 0 bridgehead atoms. The normalized spacial score (nSPS) is 16.7. The third-order valence-corrected chi connectivity index (χ3v) is 6.66. The van der Waals surface area contributed by atoms with Crippen LogP contribution in [0.5, 0.6) is 5.75 Å². The highest BCUT2D eigenvalue weighted by Crippen LogP contribution is 2.41. The van der Waals surface area contributed by atoms with Crippen LogP contribution in [-0.4, -0.2) is 37.0 Å². The van der Waals surface area contributed by atoms with Crippen molar-refractivity contribution in [2.75, 3.05) is 20.2 Å². The Morgan fingerprint density at radius 1 is 1.24 bits per heavy atom. The highest BCUT2D eigenvalue weighted by Gasteiger charge is 2.33. The van der Waals surface area contributed by atoms with Crippen molar-refractivity contribution in [2.45, 2.75) is 38.3 Å². The van der Waals surface area contributed by atoms with Gasteiger partial charge in [0.2, 0.25) is 5.91 Å². The fourth-order valence-electron chi connectivity index (χ4n) is 3.81. The Hall–Kier alpha value is -2.54. The van der Waals surface area contributed by atoms with Gasteiger partial charge in [-0.15, -0.1) is 11.3 Å². The molecule has 2 heterocycles. The quantitative estimate of drug-likeness (QED) is 0.730. The summed E-state index contributed by atoms with van der Waals surface area (Å²) in [5, 5.41) is 8.02. The van der Waals surface area contributed by atoms with E-state index in [1.54, 1.807) is 18.4 Å². The Labute approximate surface area is 175 Å². The smallest absolute Gasteiger partial charge is 0.315 e. The SMILES string of the molecule is COc1ccc(C(NC(=O)NCCC(=O)N2CCc3sccc3C2)C2CC2)cc1. The standard InChI is InChI=1S/C22H27N3O3S/c1-28-18-6-4-16(5-7-18)21(15-2-3-15)24-22(27)23-11-8-20(26)25-12-9-19-17(14-25)10-13-29-19/h4-7,10,13,15,21H,2-3,8-9,11-12,14H2,1H3,(H2,23,24,27). The lowest BCUT2D eigenvalue weighted by molar-refractivity contribution is -0.131. The van der Waals surface area contributed by atoms with Crippen LogP contribution in [0.4, 0.5) is 4.79 Å². The number of hydrogen-bond acceptors (Lipinski definition) is 4. The molecule has 1 unspecified atom stereocenters. The van der Waals surface area contributed by atoms with E-state index in [-0.39, 0.29) is 18.0 Å². The predicted molar refractivity (Wildman–Crippen MR) is 113 cm³/mol. The molecule has 1 atom stereocenters. The number of methoxy groups -OCH3 is 1. The first-order chi connectivity index (χ1) is 14.1. The van der Waals surface area contributed by atoms with Gasteiger partial charge in [0.15, 0.2) is 0 Å². The third kappa shape index (κ3) is 4.90. The fraction of sp³-hybridized carbons (Fsp3) is 0.455. The lowest BCUT2D eigenvalue weighted by Crippen LogP contribution is -2.41. The molecule has 2 aliphatic rings. The van der Waals surface area contributed by atoms with Crippen LogP contribution in [0.25, 0.3) is 0 Å². The molecule has 0 radical (unpaired) electrons. The minimum atomic E-state index is -0.218. The number of carbonyl (C=O) groups is 2. The Morgan fingerprint density at radius 2 is 2.03 bits per heavy atom. The van der Waals surface area contributed by atoms with Crippen molar-refractivity contribution in [3.05, 3.63) is 51.7 Å². The molecule has 1 aliphatic heterocycles. The molecule has 1 fully saturated rings. The summed E-state index contributed by atoms with van der Waals surface area (Å²) in [6, 6.07) is 9.71. The van der Waals surface area contributed by atoms with Gasteiger partial charge in [0.05, 0.1) is 13.2 Å². The summed E-state index contributed by atoms with van der Waals surface area (Å²) in [6.45, 7) is 1.79. The number of amides is 3. The predicted octanol–water partition coefficient (Wildman–Crippen LogP) is 3.48. The summed E-state index contributed by atoms with van der Waals surface area (Å²) in [7, 11) is 1.64. The Bertz CT molecular complexity index is 860. The van der Waals surface area contributed by atoms with Crippen LogP contribution in [0.15, 0.2) is 35.7 Å². The molecular formula is C22H27N3O3S. The maximum atomic E-state index is 12.5. The van der Waals surface area contributed by atoms with Crippen LogP contribution in [0.3, 0.4) is 0 Å². The number of ether oxygens (including phenoxy) is 1. The monoisotopic (exact) mass is 413 g/mol. The van der Waals surface area contributed by atoms with Crippen molar-refractivity contribution in [3.63, 3.8) is 0 Å². The molecule has 154 valence electrons. The number of rotatable bonds is 7. The van der Waals surface area contributed by atoms with Crippen molar-refractivity contribution in [3.8, 4) is 5.75 Å². The summed E-state index contributed by atoms with van der Waals surface area (Å²) in [6.07, 6.45) is 3.49. The first-order valence-corrected chi connectivity index (χ1v) is 11.0. The van der Waals surface area contributed by atoms with Gasteiger partial charge in [-0.3, -0.25) is 4.79 Å². The summed E-state index contributed by atoms with van der Waals surface area (Å²) in [4.78, 5) is 28.2. The largest absolute Gasteiger partial charge is 0.497 e. The maximum Gasteiger partial charge on any atom is 0.315 e. The van der Waals surface area contributed by atoms with Crippen LogP contribution in [0.2, 0.25) is 0 Å². The lowest BCUT2D eigenvalue weighted by Gasteiger charge is -2.27. The molecule has 0 spiro atoms. The van der Waals surface area contributed by atoms with Crippen molar-refractivity contribution in [1.29, 1.82) is 0 Å². The summed E-state index contributed by atoms with van der Waals surface area (Å²) in [5.41, 5.74) is 2.34. The zero-order valence-electron chi connectivity index (χ0n) is 16.6. The second-order valence-electron chi connectivity index (χ2n) is 7.67. The molecule has 1 aromatic heterocycles. The third-order valence-electron chi connectivity index (χ3n) is 5.64. The van der Waals surface area contributed by atoms with E-state index in [0.29, 0.717) is 25.4 Å². The van der Waals surface area contributed by atoms with Crippen molar-refractivity contribution >= 4 is 23.3 Å². The van der Waals surface area contributed by atoms with E-state index in [1.807, 2.05) is 29.2 Å². The molecule has 3 amide bonds. The maximum absolute atomic E-state index is 12.5. The van der Waals surface area contributed by atoms with Gasteiger partial charge < -0.3 is 20.3 Å². The van der Waals surface area contributed by atoms with E-state index in [4.69, 9.17) is 4.74 Å². The molecule has 2 aromatic rings. The van der Waals surface area contributed by atoms with Gasteiger partial charge in [-0.2, -0.15) is 0 Å². The fourth-order valence-corrected chi connectivity index (χ4v) is 4.70. The van der Waals surface area contributed by atoms with Crippen LogP contribution in [0.1, 0.15) is 41.3 Å². The molecule has 1 aliphatic carbocycles. The second-order valence-corrected chi connectivity index (χ2v) is 8.67. The number of benzene rings is 1. The zero-order valence-corrected chi connectivity index (χ0v) is 17.5. The van der Waals surface area contributed by atoms with Gasteiger partial charge >= 0.3 is 6.03 Å². The molecule has 6 nitrogen and oxygen atoms in total. The van der Waals surface area contributed by atoms with Crippen molar-refractivity contribution < 1.29 is 14.3 Å². The summed E-state index contributed by atoms with van der Waals surface area (Å²) < 4.78 is 5.21. The molecule has 2 N–H and O–H groups in total. The van der Waals surface area contributed by atoms with E-state index in [9.17, 15) is 9.59 Å². The van der Waals surface area contributed by atoms with Crippen LogP contribution >= 0.6 is 11.3 Å². The van der Waals surface area contributed by atoms with Crippen LogP contribution in [0, 0.1) is 5.92 Å². The van der Waals surface area contributed by atoms with E-state index in [1.165, 1.54) is 10.4 Å².